The van der Waals surface area contributed by atoms with Crippen LogP contribution in [0.1, 0.15) is 31.1 Å². The van der Waals surface area contributed by atoms with Gasteiger partial charge in [0.2, 0.25) is 0 Å². The number of hydrogen-bond acceptors (Lipinski definition) is 3. The molecule has 1 aromatic heterocycles. The van der Waals surface area contributed by atoms with Gasteiger partial charge in [-0.2, -0.15) is 5.10 Å². The van der Waals surface area contributed by atoms with Gasteiger partial charge in [-0.25, -0.2) is 4.68 Å². The van der Waals surface area contributed by atoms with Crippen molar-refractivity contribution in [2.45, 2.75) is 32.1 Å². The van der Waals surface area contributed by atoms with Crippen LogP contribution in [0.25, 0.3) is 10.9 Å². The molecule has 1 aliphatic heterocycles. The third-order valence-corrected chi connectivity index (χ3v) is 4.91. The Morgan fingerprint density at radius 2 is 2.04 bits per heavy atom. The van der Waals surface area contributed by atoms with E-state index in [0.717, 1.165) is 46.1 Å². The first-order chi connectivity index (χ1) is 11.8. The molecular formula is C19H19BrN2O2. The normalized spacial score (nSPS) is 18.0. The summed E-state index contributed by atoms with van der Waals surface area (Å²) in [7, 11) is 0. The highest BCUT2D eigenvalue weighted by Crippen LogP contribution is 2.35. The number of fused-ring (bicyclic) bond motifs is 1. The first-order valence-electron chi connectivity index (χ1n) is 8.27. The van der Waals surface area contributed by atoms with Crippen LogP contribution in [0.5, 0.6) is 5.75 Å². The lowest BCUT2D eigenvalue weighted by Crippen LogP contribution is -2.18. The van der Waals surface area contributed by atoms with E-state index in [0.29, 0.717) is 6.61 Å². The number of benzene rings is 2. The van der Waals surface area contributed by atoms with Crippen molar-refractivity contribution in [3.63, 3.8) is 0 Å². The molecule has 0 radical (unpaired) electrons. The molecule has 3 aromatic rings. The largest absolute Gasteiger partial charge is 0.487 e. The molecule has 1 fully saturated rings. The van der Waals surface area contributed by atoms with Crippen molar-refractivity contribution in [2.24, 2.45) is 0 Å². The van der Waals surface area contributed by atoms with Gasteiger partial charge < -0.3 is 9.47 Å². The van der Waals surface area contributed by atoms with Crippen LogP contribution in [-0.4, -0.2) is 16.4 Å². The maximum Gasteiger partial charge on any atom is 0.150 e. The molecule has 0 aliphatic carbocycles. The zero-order chi connectivity index (χ0) is 16.4. The van der Waals surface area contributed by atoms with E-state index in [4.69, 9.17) is 9.47 Å². The van der Waals surface area contributed by atoms with Gasteiger partial charge in [0.1, 0.15) is 18.6 Å². The summed E-state index contributed by atoms with van der Waals surface area (Å²) in [5.41, 5.74) is 2.07. The van der Waals surface area contributed by atoms with Crippen LogP contribution in [0.3, 0.4) is 0 Å². The smallest absolute Gasteiger partial charge is 0.150 e. The lowest BCUT2D eigenvalue weighted by molar-refractivity contribution is -0.0390. The molecule has 5 heteroatoms. The van der Waals surface area contributed by atoms with Gasteiger partial charge in [-0.1, -0.05) is 30.3 Å². The molecule has 0 bridgehead atoms. The lowest BCUT2D eigenvalue weighted by atomic mass is 10.2. The van der Waals surface area contributed by atoms with Crippen molar-refractivity contribution in [3.05, 3.63) is 58.7 Å². The van der Waals surface area contributed by atoms with Crippen LogP contribution in [0, 0.1) is 0 Å². The first-order valence-corrected chi connectivity index (χ1v) is 9.06. The second-order valence-corrected chi connectivity index (χ2v) is 6.87. The summed E-state index contributed by atoms with van der Waals surface area (Å²) in [5, 5.41) is 5.69. The third-order valence-electron chi connectivity index (χ3n) is 4.29. The van der Waals surface area contributed by atoms with E-state index in [1.807, 2.05) is 41.2 Å². The van der Waals surface area contributed by atoms with Gasteiger partial charge >= 0.3 is 0 Å². The fourth-order valence-corrected chi connectivity index (χ4v) is 3.48. The molecule has 1 atom stereocenters. The molecular weight excluding hydrogens is 368 g/mol. The van der Waals surface area contributed by atoms with Crippen LogP contribution in [0.4, 0.5) is 0 Å². The molecule has 4 rings (SSSR count). The van der Waals surface area contributed by atoms with Crippen molar-refractivity contribution >= 4 is 26.8 Å². The Balaban J connectivity index is 1.63. The topological polar surface area (TPSA) is 36.3 Å². The molecule has 1 unspecified atom stereocenters. The number of ether oxygens (including phenoxy) is 2. The molecule has 2 aromatic carbocycles. The molecule has 2 heterocycles. The monoisotopic (exact) mass is 386 g/mol. The number of nitrogens with zero attached hydrogens (tertiary/aromatic N) is 2. The van der Waals surface area contributed by atoms with Crippen molar-refractivity contribution < 1.29 is 9.47 Å². The number of aromatic nitrogens is 2. The highest BCUT2D eigenvalue weighted by molar-refractivity contribution is 9.10. The Labute approximate surface area is 149 Å². The summed E-state index contributed by atoms with van der Waals surface area (Å²) in [6, 6.07) is 14.2. The average molecular weight is 387 g/mol. The summed E-state index contributed by atoms with van der Waals surface area (Å²) in [4.78, 5) is 0. The minimum Gasteiger partial charge on any atom is -0.487 e. The SMILES string of the molecule is Brc1ccc2nn(C3CCCCO3)cc2c1OCc1ccccc1. The molecule has 0 saturated carbocycles. The standard InChI is InChI=1S/C19H19BrN2O2/c20-16-9-10-17-15(12-22(21-17)18-8-4-5-11-23-18)19(16)24-13-14-6-2-1-3-7-14/h1-3,6-7,9-10,12,18H,4-5,8,11,13H2. The van der Waals surface area contributed by atoms with E-state index in [2.05, 4.69) is 33.2 Å². The van der Waals surface area contributed by atoms with Crippen LogP contribution >= 0.6 is 15.9 Å². The van der Waals surface area contributed by atoms with E-state index in [9.17, 15) is 0 Å². The Kier molecular flexibility index (Phi) is 4.54. The third kappa shape index (κ3) is 3.19. The Bertz CT molecular complexity index is 826. The number of rotatable bonds is 4. The second kappa shape index (κ2) is 6.95. The highest BCUT2D eigenvalue weighted by atomic mass is 79.9. The molecule has 0 spiro atoms. The average Bonchev–Trinajstić information content (AvgIpc) is 3.07. The van der Waals surface area contributed by atoms with Gasteiger partial charge in [0.05, 0.1) is 15.4 Å². The molecule has 4 nitrogen and oxygen atoms in total. The zero-order valence-corrected chi connectivity index (χ0v) is 14.9. The van der Waals surface area contributed by atoms with Gasteiger partial charge in [-0.3, -0.25) is 0 Å². The molecule has 1 saturated heterocycles. The Morgan fingerprint density at radius 1 is 1.17 bits per heavy atom. The van der Waals surface area contributed by atoms with E-state index in [1.165, 1.54) is 6.42 Å². The van der Waals surface area contributed by atoms with Gasteiger partial charge in [-0.05, 0) is 52.9 Å². The zero-order valence-electron chi connectivity index (χ0n) is 13.3. The van der Waals surface area contributed by atoms with Crippen LogP contribution in [-0.2, 0) is 11.3 Å². The van der Waals surface area contributed by atoms with Crippen LogP contribution < -0.4 is 4.74 Å². The number of halogens is 1. The highest BCUT2D eigenvalue weighted by Gasteiger charge is 2.19. The number of hydrogen-bond donors (Lipinski definition) is 0. The van der Waals surface area contributed by atoms with Crippen molar-refractivity contribution in [2.75, 3.05) is 6.61 Å². The van der Waals surface area contributed by atoms with Gasteiger partial charge in [-0.15, -0.1) is 0 Å². The van der Waals surface area contributed by atoms with E-state index < -0.39 is 0 Å². The van der Waals surface area contributed by atoms with E-state index >= 15 is 0 Å². The summed E-state index contributed by atoms with van der Waals surface area (Å²) < 4.78 is 14.8. The molecule has 24 heavy (non-hydrogen) atoms. The first kappa shape index (κ1) is 15.7. The van der Waals surface area contributed by atoms with Crippen LogP contribution in [0.15, 0.2) is 53.1 Å². The predicted octanol–water partition coefficient (Wildman–Crippen LogP) is 5.08. The summed E-state index contributed by atoms with van der Waals surface area (Å²) in [5.74, 6) is 0.832. The summed E-state index contributed by atoms with van der Waals surface area (Å²) in [6.45, 7) is 1.34. The molecule has 124 valence electrons. The van der Waals surface area contributed by atoms with Gasteiger partial charge in [0, 0.05) is 12.8 Å². The second-order valence-electron chi connectivity index (χ2n) is 6.01. The fourth-order valence-electron chi connectivity index (χ4n) is 3.02. The Morgan fingerprint density at radius 3 is 2.83 bits per heavy atom. The molecule has 0 amide bonds. The van der Waals surface area contributed by atoms with Crippen LogP contribution in [0.2, 0.25) is 0 Å². The predicted molar refractivity (Wildman–Crippen MR) is 97.0 cm³/mol. The van der Waals surface area contributed by atoms with Gasteiger partial charge in [0.15, 0.2) is 0 Å². The minimum atomic E-state index is 0.0342. The van der Waals surface area contributed by atoms with Crippen molar-refractivity contribution in [1.82, 2.24) is 9.78 Å². The van der Waals surface area contributed by atoms with Crippen molar-refractivity contribution in [3.8, 4) is 5.75 Å². The summed E-state index contributed by atoms with van der Waals surface area (Å²) in [6.07, 6.45) is 5.40. The molecule has 0 N–H and O–H groups in total. The fraction of sp³-hybridized carbons (Fsp3) is 0.316. The molecule has 1 aliphatic rings. The van der Waals surface area contributed by atoms with Crippen molar-refractivity contribution in [1.29, 1.82) is 0 Å². The summed E-state index contributed by atoms with van der Waals surface area (Å²) >= 11 is 3.60. The quantitative estimate of drug-likeness (QED) is 0.627. The lowest BCUT2D eigenvalue weighted by Gasteiger charge is -2.22. The minimum absolute atomic E-state index is 0.0342. The van der Waals surface area contributed by atoms with E-state index in [-0.39, 0.29) is 6.23 Å². The maximum atomic E-state index is 6.10. The van der Waals surface area contributed by atoms with E-state index in [1.54, 1.807) is 0 Å². The maximum absolute atomic E-state index is 6.10. The van der Waals surface area contributed by atoms with Gasteiger partial charge in [0.25, 0.3) is 0 Å². The Hall–Kier alpha value is -1.85.